The molecule has 0 spiro atoms. The molecule has 17 heavy (non-hydrogen) atoms. The van der Waals surface area contributed by atoms with Crippen LogP contribution >= 0.6 is 27.5 Å². The zero-order valence-corrected chi connectivity index (χ0v) is 12.0. The number of amides is 1. The second-order valence-electron chi connectivity index (χ2n) is 4.04. The molecule has 1 atom stereocenters. The van der Waals surface area contributed by atoms with Gasteiger partial charge in [0.15, 0.2) is 0 Å². The van der Waals surface area contributed by atoms with Gasteiger partial charge in [-0.15, -0.1) is 0 Å². The molecule has 0 aliphatic carbocycles. The number of nitrogens with one attached hydrogen (secondary N) is 1. The molecule has 1 aromatic rings. The molecule has 5 heteroatoms. The fourth-order valence-electron chi connectivity index (χ4n) is 1.39. The van der Waals surface area contributed by atoms with E-state index in [1.807, 2.05) is 13.0 Å². The summed E-state index contributed by atoms with van der Waals surface area (Å²) in [7, 11) is 0. The number of anilines is 1. The Kier molecular flexibility index (Phi) is 5.95. The maximum atomic E-state index is 11.6. The topological polar surface area (TPSA) is 55.1 Å². The van der Waals surface area contributed by atoms with Crippen molar-refractivity contribution in [3.63, 3.8) is 0 Å². The van der Waals surface area contributed by atoms with Gasteiger partial charge in [0.1, 0.15) is 0 Å². The summed E-state index contributed by atoms with van der Waals surface area (Å²) in [5.41, 5.74) is 6.25. The van der Waals surface area contributed by atoms with Crippen molar-refractivity contribution in [1.29, 1.82) is 0 Å². The van der Waals surface area contributed by atoms with Crippen LogP contribution in [-0.4, -0.2) is 11.9 Å². The summed E-state index contributed by atoms with van der Waals surface area (Å²) in [6.45, 7) is 1.93. The Labute approximate surface area is 115 Å². The van der Waals surface area contributed by atoms with Crippen LogP contribution in [0.5, 0.6) is 0 Å². The maximum absolute atomic E-state index is 11.6. The van der Waals surface area contributed by atoms with Crippen LogP contribution in [0.4, 0.5) is 5.69 Å². The molecule has 0 aliphatic rings. The zero-order chi connectivity index (χ0) is 12.8. The number of rotatable bonds is 5. The molecule has 3 N–H and O–H groups in total. The van der Waals surface area contributed by atoms with Gasteiger partial charge in [0, 0.05) is 16.9 Å². The molecule has 0 saturated heterocycles. The molecule has 0 saturated carbocycles. The minimum absolute atomic E-state index is 0.0364. The predicted octanol–water partition coefficient (Wildman–Crippen LogP) is 3.56. The Balaban J connectivity index is 2.47. The molecule has 0 fully saturated rings. The Morgan fingerprint density at radius 1 is 1.59 bits per heavy atom. The lowest BCUT2D eigenvalue weighted by Crippen LogP contribution is -2.16. The quantitative estimate of drug-likeness (QED) is 0.872. The van der Waals surface area contributed by atoms with Gasteiger partial charge in [-0.1, -0.05) is 27.5 Å². The van der Waals surface area contributed by atoms with E-state index >= 15 is 0 Å². The van der Waals surface area contributed by atoms with E-state index < -0.39 is 0 Å². The van der Waals surface area contributed by atoms with E-state index in [1.165, 1.54) is 0 Å². The van der Waals surface area contributed by atoms with E-state index in [2.05, 4.69) is 21.2 Å². The Bertz CT molecular complexity index is 396. The summed E-state index contributed by atoms with van der Waals surface area (Å²) in [6.07, 6.45) is 2.10. The SMILES string of the molecule is CC(N)CCCC(=O)Nc1cc(Br)ccc1Cl. The fourth-order valence-corrected chi connectivity index (χ4v) is 1.92. The number of nitrogens with two attached hydrogens (primary N) is 1. The molecule has 0 radical (unpaired) electrons. The fraction of sp³-hybridized carbons (Fsp3) is 0.417. The lowest BCUT2D eigenvalue weighted by atomic mass is 10.1. The van der Waals surface area contributed by atoms with Crippen LogP contribution in [0, 0.1) is 0 Å². The van der Waals surface area contributed by atoms with Crippen LogP contribution in [0.2, 0.25) is 5.02 Å². The van der Waals surface area contributed by atoms with E-state index in [-0.39, 0.29) is 11.9 Å². The molecule has 0 aromatic heterocycles. The van der Waals surface area contributed by atoms with Crippen LogP contribution in [0.25, 0.3) is 0 Å². The minimum Gasteiger partial charge on any atom is -0.328 e. The van der Waals surface area contributed by atoms with Crippen molar-refractivity contribution in [3.05, 3.63) is 27.7 Å². The second kappa shape index (κ2) is 6.99. The largest absolute Gasteiger partial charge is 0.328 e. The first-order valence-corrected chi connectivity index (χ1v) is 6.66. The van der Waals surface area contributed by atoms with Gasteiger partial charge in [-0.3, -0.25) is 4.79 Å². The number of hydrogen-bond acceptors (Lipinski definition) is 2. The Hall–Kier alpha value is -0.580. The first-order chi connectivity index (χ1) is 7.99. The average Bonchev–Trinajstić information content (AvgIpc) is 2.23. The molecular formula is C12H16BrClN2O. The lowest BCUT2D eigenvalue weighted by molar-refractivity contribution is -0.116. The van der Waals surface area contributed by atoms with Gasteiger partial charge in [0.25, 0.3) is 0 Å². The minimum atomic E-state index is -0.0364. The summed E-state index contributed by atoms with van der Waals surface area (Å²) in [5.74, 6) is -0.0364. The van der Waals surface area contributed by atoms with Gasteiger partial charge in [-0.25, -0.2) is 0 Å². The third kappa shape index (κ3) is 5.52. The monoisotopic (exact) mass is 318 g/mol. The highest BCUT2D eigenvalue weighted by Gasteiger charge is 2.06. The Morgan fingerprint density at radius 3 is 2.94 bits per heavy atom. The summed E-state index contributed by atoms with van der Waals surface area (Å²) in [6, 6.07) is 5.49. The highest BCUT2D eigenvalue weighted by atomic mass is 79.9. The normalized spacial score (nSPS) is 12.2. The molecule has 0 bridgehead atoms. The Morgan fingerprint density at radius 2 is 2.29 bits per heavy atom. The van der Waals surface area contributed by atoms with E-state index in [4.69, 9.17) is 17.3 Å². The molecule has 0 heterocycles. The predicted molar refractivity (Wildman–Crippen MR) is 75.3 cm³/mol. The highest BCUT2D eigenvalue weighted by Crippen LogP contribution is 2.25. The highest BCUT2D eigenvalue weighted by molar-refractivity contribution is 9.10. The van der Waals surface area contributed by atoms with Crippen LogP contribution < -0.4 is 11.1 Å². The third-order valence-corrected chi connectivity index (χ3v) is 3.09. The molecule has 1 rings (SSSR count). The summed E-state index contributed by atoms with van der Waals surface area (Å²) >= 11 is 9.30. The van der Waals surface area contributed by atoms with Crippen molar-refractivity contribution in [1.82, 2.24) is 0 Å². The molecule has 1 amide bonds. The van der Waals surface area contributed by atoms with Gasteiger partial charge in [-0.05, 0) is 38.0 Å². The van der Waals surface area contributed by atoms with Gasteiger partial charge < -0.3 is 11.1 Å². The zero-order valence-electron chi connectivity index (χ0n) is 9.67. The second-order valence-corrected chi connectivity index (χ2v) is 5.36. The van der Waals surface area contributed by atoms with E-state index in [1.54, 1.807) is 12.1 Å². The van der Waals surface area contributed by atoms with E-state index in [0.29, 0.717) is 17.1 Å². The lowest BCUT2D eigenvalue weighted by Gasteiger charge is -2.08. The number of hydrogen-bond donors (Lipinski definition) is 2. The summed E-state index contributed by atoms with van der Waals surface area (Å²) in [5, 5.41) is 3.32. The van der Waals surface area contributed by atoms with Gasteiger partial charge in [0.2, 0.25) is 5.91 Å². The number of carbonyl (C=O) groups excluding carboxylic acids is 1. The smallest absolute Gasteiger partial charge is 0.224 e. The van der Waals surface area contributed by atoms with Crippen molar-refractivity contribution in [2.45, 2.75) is 32.2 Å². The van der Waals surface area contributed by atoms with E-state index in [9.17, 15) is 4.79 Å². The molecular weight excluding hydrogens is 304 g/mol. The number of benzene rings is 1. The van der Waals surface area contributed by atoms with Gasteiger partial charge in [0.05, 0.1) is 10.7 Å². The number of halogens is 2. The maximum Gasteiger partial charge on any atom is 0.224 e. The van der Waals surface area contributed by atoms with Crippen LogP contribution in [0.15, 0.2) is 22.7 Å². The molecule has 3 nitrogen and oxygen atoms in total. The van der Waals surface area contributed by atoms with Crippen molar-refractivity contribution in [2.75, 3.05) is 5.32 Å². The standard InChI is InChI=1S/C12H16BrClN2O/c1-8(15)3-2-4-12(17)16-11-7-9(13)5-6-10(11)14/h5-8H,2-4,15H2,1H3,(H,16,17). The first kappa shape index (κ1) is 14.5. The molecule has 0 aliphatic heterocycles. The van der Waals surface area contributed by atoms with Crippen molar-refractivity contribution in [3.8, 4) is 0 Å². The van der Waals surface area contributed by atoms with Crippen LogP contribution in [0.1, 0.15) is 26.2 Å². The molecule has 94 valence electrons. The number of carbonyl (C=O) groups is 1. The third-order valence-electron chi connectivity index (χ3n) is 2.27. The van der Waals surface area contributed by atoms with Crippen molar-refractivity contribution < 1.29 is 4.79 Å². The summed E-state index contributed by atoms with van der Waals surface area (Å²) in [4.78, 5) is 11.6. The van der Waals surface area contributed by atoms with Crippen LogP contribution in [0.3, 0.4) is 0 Å². The molecule has 1 unspecified atom stereocenters. The summed E-state index contributed by atoms with van der Waals surface area (Å²) < 4.78 is 0.882. The first-order valence-electron chi connectivity index (χ1n) is 5.49. The van der Waals surface area contributed by atoms with Gasteiger partial charge >= 0.3 is 0 Å². The van der Waals surface area contributed by atoms with Crippen LogP contribution in [-0.2, 0) is 4.79 Å². The van der Waals surface area contributed by atoms with Crippen molar-refractivity contribution in [2.24, 2.45) is 5.73 Å². The average molecular weight is 320 g/mol. The van der Waals surface area contributed by atoms with Gasteiger partial charge in [-0.2, -0.15) is 0 Å². The molecule has 1 aromatic carbocycles. The van der Waals surface area contributed by atoms with E-state index in [0.717, 1.165) is 17.3 Å². The van der Waals surface area contributed by atoms with Crippen molar-refractivity contribution >= 4 is 39.1 Å².